The second-order valence-corrected chi connectivity index (χ2v) is 1.98. The molecule has 0 spiro atoms. The van der Waals surface area contributed by atoms with Crippen molar-refractivity contribution in [2.75, 3.05) is 0 Å². The van der Waals surface area contributed by atoms with Gasteiger partial charge in [0.2, 0.25) is 0 Å². The van der Waals surface area contributed by atoms with E-state index >= 15 is 0 Å². The summed E-state index contributed by atoms with van der Waals surface area (Å²) >= 11 is 4.42. The van der Waals surface area contributed by atoms with E-state index in [2.05, 4.69) is 22.4 Å². The molecule has 0 bridgehead atoms. The van der Waals surface area contributed by atoms with Crippen molar-refractivity contribution in [2.24, 2.45) is 4.99 Å². The zero-order valence-electron chi connectivity index (χ0n) is 5.24. The highest BCUT2D eigenvalue weighted by Gasteiger charge is 1.84. The van der Waals surface area contributed by atoms with Gasteiger partial charge < -0.3 is 0 Å². The van der Waals surface area contributed by atoms with Gasteiger partial charge in [-0.15, -0.1) is 0 Å². The van der Waals surface area contributed by atoms with Crippen molar-refractivity contribution in [1.82, 2.24) is 0 Å². The molecule has 1 nitrogen and oxygen atoms in total. The van der Waals surface area contributed by atoms with Crippen molar-refractivity contribution < 1.29 is 0 Å². The molecule has 0 fully saturated rings. The highest BCUT2D eigenvalue weighted by Crippen LogP contribution is 2.06. The minimum atomic E-state index is 0.725. The predicted octanol–water partition coefficient (Wildman–Crippen LogP) is 1.21. The average Bonchev–Trinajstić information content (AvgIpc) is 1.95. The van der Waals surface area contributed by atoms with Gasteiger partial charge in [-0.25, -0.2) is 0 Å². The summed E-state index contributed by atoms with van der Waals surface area (Å²) in [6.07, 6.45) is 0. The van der Waals surface area contributed by atoms with Crippen LogP contribution in [-0.4, -0.2) is 13.0 Å². The zero-order chi connectivity index (χ0) is 7.40. The standard InChI is InChI=1S/C7H4BNS/c8-6-1-3-7(4-2-6)9-5-10/h1-4H. The van der Waals surface area contributed by atoms with Crippen molar-refractivity contribution in [3.05, 3.63) is 24.3 Å². The summed E-state index contributed by atoms with van der Waals surface area (Å²) in [5.41, 5.74) is 1.51. The smallest absolute Gasteiger partial charge is 0.113 e. The lowest BCUT2D eigenvalue weighted by molar-refractivity contribution is 1.57. The van der Waals surface area contributed by atoms with Crippen LogP contribution in [0.5, 0.6) is 0 Å². The molecule has 0 unspecified atom stereocenters. The van der Waals surface area contributed by atoms with E-state index in [1.54, 1.807) is 24.3 Å². The first-order valence-corrected chi connectivity index (χ1v) is 3.17. The molecule has 0 aliphatic heterocycles. The zero-order valence-corrected chi connectivity index (χ0v) is 6.06. The Hall–Kier alpha value is -0.915. The fraction of sp³-hybridized carbons (Fsp3) is 0. The number of hydrogen-bond donors (Lipinski definition) is 0. The Bertz CT molecular complexity index is 261. The topological polar surface area (TPSA) is 12.4 Å². The van der Waals surface area contributed by atoms with Gasteiger partial charge in [-0.1, -0.05) is 17.6 Å². The predicted molar refractivity (Wildman–Crippen MR) is 46.5 cm³/mol. The minimum absolute atomic E-state index is 0.725. The normalized spacial score (nSPS) is 8.40. The Morgan fingerprint density at radius 2 is 1.90 bits per heavy atom. The molecule has 0 N–H and O–H groups in total. The van der Waals surface area contributed by atoms with E-state index in [0.29, 0.717) is 0 Å². The maximum absolute atomic E-state index is 5.43. The fourth-order valence-corrected chi connectivity index (χ4v) is 0.707. The number of rotatable bonds is 1. The maximum Gasteiger partial charge on any atom is 0.113 e. The fourth-order valence-electron chi connectivity index (χ4n) is 0.602. The summed E-state index contributed by atoms with van der Waals surface area (Å²) in [7, 11) is 5.43. The number of aliphatic imine (C=N–C) groups is 1. The Kier molecular flexibility index (Phi) is 2.38. The third-order valence-electron chi connectivity index (χ3n) is 1.07. The summed E-state index contributed by atoms with van der Waals surface area (Å²) < 4.78 is 0. The van der Waals surface area contributed by atoms with Crippen LogP contribution < -0.4 is 5.46 Å². The molecule has 46 valence electrons. The Morgan fingerprint density at radius 1 is 1.30 bits per heavy atom. The highest BCUT2D eigenvalue weighted by atomic mass is 32.1. The number of benzene rings is 1. The molecular weight excluding hydrogens is 141 g/mol. The van der Waals surface area contributed by atoms with Crippen LogP contribution in [0.3, 0.4) is 0 Å². The first-order valence-electron chi connectivity index (χ1n) is 2.76. The van der Waals surface area contributed by atoms with E-state index in [9.17, 15) is 0 Å². The van der Waals surface area contributed by atoms with Gasteiger partial charge >= 0.3 is 0 Å². The number of isothiocyanates is 1. The summed E-state index contributed by atoms with van der Waals surface area (Å²) in [5.74, 6) is 0. The first kappa shape index (κ1) is 7.20. The van der Waals surface area contributed by atoms with Gasteiger partial charge in [0.15, 0.2) is 0 Å². The molecule has 0 saturated heterocycles. The van der Waals surface area contributed by atoms with Gasteiger partial charge in [-0.3, -0.25) is 0 Å². The van der Waals surface area contributed by atoms with Crippen LogP contribution in [0.25, 0.3) is 0 Å². The minimum Gasteiger partial charge on any atom is -0.195 e. The van der Waals surface area contributed by atoms with Gasteiger partial charge in [0.1, 0.15) is 7.85 Å². The molecule has 0 amide bonds. The molecule has 0 aromatic heterocycles. The molecule has 1 aromatic rings. The molecule has 10 heavy (non-hydrogen) atoms. The monoisotopic (exact) mass is 145 g/mol. The molecule has 1 rings (SSSR count). The second-order valence-electron chi connectivity index (χ2n) is 1.79. The Labute approximate surface area is 66.2 Å². The van der Waals surface area contributed by atoms with Crippen LogP contribution in [0.2, 0.25) is 0 Å². The number of nitrogens with zero attached hydrogens (tertiary/aromatic N) is 1. The van der Waals surface area contributed by atoms with Crippen molar-refractivity contribution in [3.8, 4) is 0 Å². The summed E-state index contributed by atoms with van der Waals surface area (Å²) in [4.78, 5) is 3.76. The molecule has 1 aromatic carbocycles. The molecule has 0 aliphatic carbocycles. The van der Waals surface area contributed by atoms with Crippen molar-refractivity contribution in [3.63, 3.8) is 0 Å². The lowest BCUT2D eigenvalue weighted by atomic mass is 9.96. The van der Waals surface area contributed by atoms with E-state index in [4.69, 9.17) is 7.85 Å². The van der Waals surface area contributed by atoms with Crippen LogP contribution in [0.15, 0.2) is 29.3 Å². The van der Waals surface area contributed by atoms with Crippen molar-refractivity contribution in [1.29, 1.82) is 0 Å². The summed E-state index contributed by atoms with van der Waals surface area (Å²) in [6.45, 7) is 0. The van der Waals surface area contributed by atoms with Crippen molar-refractivity contribution in [2.45, 2.75) is 0 Å². The SMILES string of the molecule is [B]c1ccc(N=C=S)cc1. The van der Waals surface area contributed by atoms with Crippen LogP contribution in [0.4, 0.5) is 5.69 Å². The second kappa shape index (κ2) is 3.30. The lowest BCUT2D eigenvalue weighted by Gasteiger charge is -1.90. The quantitative estimate of drug-likeness (QED) is 0.328. The van der Waals surface area contributed by atoms with E-state index in [-0.39, 0.29) is 0 Å². The highest BCUT2D eigenvalue weighted by molar-refractivity contribution is 7.78. The third-order valence-corrected chi connectivity index (χ3v) is 1.16. The summed E-state index contributed by atoms with van der Waals surface area (Å²) in [6, 6.07) is 7.11. The molecular formula is C7H4BNS. The lowest BCUT2D eigenvalue weighted by Crippen LogP contribution is -1.97. The maximum atomic E-state index is 5.43. The van der Waals surface area contributed by atoms with Gasteiger partial charge in [0, 0.05) is 0 Å². The molecule has 0 saturated carbocycles. The van der Waals surface area contributed by atoms with Gasteiger partial charge in [0.25, 0.3) is 0 Å². The third kappa shape index (κ3) is 1.80. The van der Waals surface area contributed by atoms with E-state index in [1.807, 2.05) is 0 Å². The average molecular weight is 145 g/mol. The van der Waals surface area contributed by atoms with E-state index in [1.165, 1.54) is 0 Å². The molecule has 0 aliphatic rings. The van der Waals surface area contributed by atoms with Crippen LogP contribution in [-0.2, 0) is 0 Å². The van der Waals surface area contributed by atoms with Gasteiger partial charge in [-0.2, -0.15) is 4.99 Å². The van der Waals surface area contributed by atoms with E-state index in [0.717, 1.165) is 11.2 Å². The van der Waals surface area contributed by atoms with E-state index < -0.39 is 0 Å². The van der Waals surface area contributed by atoms with Crippen LogP contribution in [0.1, 0.15) is 0 Å². The van der Waals surface area contributed by atoms with Gasteiger partial charge in [-0.05, 0) is 24.4 Å². The molecule has 3 heteroatoms. The first-order chi connectivity index (χ1) is 4.83. The Balaban J connectivity index is 3.00. The largest absolute Gasteiger partial charge is 0.195 e. The van der Waals surface area contributed by atoms with Gasteiger partial charge in [0.05, 0.1) is 10.8 Å². The number of hydrogen-bond acceptors (Lipinski definition) is 2. The van der Waals surface area contributed by atoms with Crippen LogP contribution >= 0.6 is 12.2 Å². The Morgan fingerprint density at radius 3 is 2.40 bits per heavy atom. The number of thiocarbonyl (C=S) groups is 1. The summed E-state index contributed by atoms with van der Waals surface area (Å²) in [5, 5.41) is 2.27. The van der Waals surface area contributed by atoms with Crippen LogP contribution in [0, 0.1) is 0 Å². The molecule has 0 heterocycles. The van der Waals surface area contributed by atoms with Crippen molar-refractivity contribution >= 4 is 36.4 Å². The molecule has 2 radical (unpaired) electrons. The molecule has 0 atom stereocenters.